The van der Waals surface area contributed by atoms with Crippen LogP contribution in [0.15, 0.2) is 133 Å². The Hall–Kier alpha value is -4.56. The number of rotatable bonds is 28. The molecule has 0 bridgehead atoms. The molecule has 6 rings (SSSR count). The summed E-state index contributed by atoms with van der Waals surface area (Å²) in [6.07, 6.45) is 5.08. The summed E-state index contributed by atoms with van der Waals surface area (Å²) in [5.74, 6) is 2.31. The van der Waals surface area contributed by atoms with Gasteiger partial charge in [0.05, 0.1) is 13.2 Å². The average molecular weight is 949 g/mol. The molecule has 0 saturated carbocycles. The van der Waals surface area contributed by atoms with Crippen LogP contribution in [0.2, 0.25) is 10.0 Å². The molecule has 0 amide bonds. The number of aryl methyl sites for hydroxylation is 4. The van der Waals surface area contributed by atoms with Gasteiger partial charge in [-0.25, -0.2) is 0 Å². The molecule has 0 heterocycles. The Morgan fingerprint density at radius 3 is 1.29 bits per heavy atom. The molecular weight excluding hydrogens is 883 g/mol. The molecule has 7 nitrogen and oxygen atoms in total. The van der Waals surface area contributed by atoms with Crippen LogP contribution in [0.4, 0.5) is 0 Å². The van der Waals surface area contributed by atoms with Crippen molar-refractivity contribution in [2.45, 2.75) is 91.1 Å². The summed E-state index contributed by atoms with van der Waals surface area (Å²) < 4.78 is 35.5. The monoisotopic (exact) mass is 947 g/mol. The Labute approximate surface area is 404 Å². The molecule has 6 aromatic carbocycles. The van der Waals surface area contributed by atoms with Crippen molar-refractivity contribution in [3.63, 3.8) is 0 Å². The van der Waals surface area contributed by atoms with Crippen molar-refractivity contribution in [1.29, 1.82) is 0 Å². The first-order valence-electron chi connectivity index (χ1n) is 23.3. The maximum absolute atomic E-state index is 12.3. The quantitative estimate of drug-likeness (QED) is 0.0375. The van der Waals surface area contributed by atoms with Gasteiger partial charge in [-0.15, -0.1) is 9.05 Å². The molecule has 2 atom stereocenters. The average Bonchev–Trinajstić information content (AvgIpc) is 3.31. The molecule has 10 heteroatoms. The maximum atomic E-state index is 12.3. The first kappa shape index (κ1) is 50.8. The maximum Gasteiger partial charge on any atom is 0.697 e. The molecule has 2 unspecified atom stereocenters. The molecule has 0 aliphatic carbocycles. The standard InChI is InChI=1S/C56H66Cl2N2O5P/c1-41-13-15-47(33-43(41)3)35-51(49-9-5-11-53(57)37-49)25-31-62-55-21-17-45(18-22-55)39-59-27-7-29-64-66(61)65-30-8-28-60-40-46-19-23-56(24-20-46)63-32-26-52(50-10-6-12-54(58)38-50)36-48-16-14-42(2)44(4)34-48/h5-6,9-24,33-34,37-38,51-52,59-60H,7-8,25-32,35-36,39-40H2,1-4H3/q+1. The first-order valence-corrected chi connectivity index (χ1v) is 25.1. The van der Waals surface area contributed by atoms with Crippen LogP contribution in [-0.2, 0) is 39.5 Å². The van der Waals surface area contributed by atoms with Gasteiger partial charge in [-0.3, -0.25) is 0 Å². The van der Waals surface area contributed by atoms with Crippen LogP contribution in [0, 0.1) is 27.7 Å². The van der Waals surface area contributed by atoms with E-state index in [1.807, 2.05) is 48.5 Å². The molecule has 0 aliphatic rings. The highest BCUT2D eigenvalue weighted by molar-refractivity contribution is 7.33. The molecule has 0 aliphatic heterocycles. The van der Waals surface area contributed by atoms with Gasteiger partial charge < -0.3 is 20.1 Å². The fraction of sp³-hybridized carbons (Fsp3) is 0.357. The predicted octanol–water partition coefficient (Wildman–Crippen LogP) is 14.2. The van der Waals surface area contributed by atoms with E-state index in [1.165, 1.54) is 55.6 Å². The Kier molecular flexibility index (Phi) is 21.0. The second-order valence-electron chi connectivity index (χ2n) is 17.3. The normalized spacial score (nSPS) is 12.5. The zero-order chi connectivity index (χ0) is 46.5. The van der Waals surface area contributed by atoms with Gasteiger partial charge in [0.25, 0.3) is 0 Å². The number of hydrogen-bond donors (Lipinski definition) is 2. The van der Waals surface area contributed by atoms with E-state index >= 15 is 0 Å². The van der Waals surface area contributed by atoms with Crippen LogP contribution in [0.3, 0.4) is 0 Å². The number of ether oxygens (including phenoxy) is 2. The molecule has 348 valence electrons. The minimum atomic E-state index is -2.14. The SMILES string of the molecule is Cc1ccc(CC(CCOc2ccc(CNCCCO[P+](=O)OCCCNCc3ccc(OCCC(Cc4ccc(C)c(C)c4)c4cccc(Cl)c4)cc3)cc2)c2cccc(Cl)c2)cc1C. The minimum absolute atomic E-state index is 0.297. The van der Waals surface area contributed by atoms with E-state index in [-0.39, 0.29) is 0 Å². The van der Waals surface area contributed by atoms with Gasteiger partial charge >= 0.3 is 8.25 Å². The zero-order valence-corrected chi connectivity index (χ0v) is 41.4. The fourth-order valence-corrected chi connectivity index (χ4v) is 8.97. The Bertz CT molecular complexity index is 2250. The summed E-state index contributed by atoms with van der Waals surface area (Å²) >= 11 is 12.7. The summed E-state index contributed by atoms with van der Waals surface area (Å²) in [7, 11) is -2.14. The second kappa shape index (κ2) is 27.3. The van der Waals surface area contributed by atoms with Crippen LogP contribution in [0.5, 0.6) is 11.5 Å². The molecule has 0 saturated heterocycles. The molecule has 0 spiro atoms. The van der Waals surface area contributed by atoms with E-state index in [2.05, 4.69) is 123 Å². The fourth-order valence-electron chi connectivity index (χ4n) is 7.94. The van der Waals surface area contributed by atoms with E-state index in [0.717, 1.165) is 86.2 Å². The van der Waals surface area contributed by atoms with Gasteiger partial charge in [0.1, 0.15) is 24.7 Å². The largest absolute Gasteiger partial charge is 0.697 e. The Morgan fingerprint density at radius 2 is 0.894 bits per heavy atom. The van der Waals surface area contributed by atoms with Crippen LogP contribution in [-0.4, -0.2) is 39.5 Å². The zero-order valence-electron chi connectivity index (χ0n) is 39.0. The van der Waals surface area contributed by atoms with E-state index in [0.29, 0.717) is 38.3 Å². The van der Waals surface area contributed by atoms with Crippen molar-refractivity contribution < 1.29 is 23.1 Å². The third-order valence-electron chi connectivity index (χ3n) is 12.1. The lowest BCUT2D eigenvalue weighted by Crippen LogP contribution is -2.16. The van der Waals surface area contributed by atoms with Crippen LogP contribution < -0.4 is 20.1 Å². The third kappa shape index (κ3) is 17.6. The molecular formula is C56H66Cl2N2O5P+. The summed E-state index contributed by atoms with van der Waals surface area (Å²) in [5.41, 5.74) is 12.7. The highest BCUT2D eigenvalue weighted by atomic mass is 35.5. The van der Waals surface area contributed by atoms with E-state index in [4.69, 9.17) is 41.7 Å². The van der Waals surface area contributed by atoms with Gasteiger partial charge in [-0.1, -0.05) is 108 Å². The summed E-state index contributed by atoms with van der Waals surface area (Å²) in [6.45, 7) is 13.5. The summed E-state index contributed by atoms with van der Waals surface area (Å²) in [4.78, 5) is 0. The molecule has 66 heavy (non-hydrogen) atoms. The van der Waals surface area contributed by atoms with Gasteiger partial charge in [-0.2, -0.15) is 0 Å². The molecule has 2 N–H and O–H groups in total. The lowest BCUT2D eigenvalue weighted by atomic mass is 9.88. The first-order chi connectivity index (χ1) is 32.1. The summed E-state index contributed by atoms with van der Waals surface area (Å²) in [5, 5.41) is 8.38. The van der Waals surface area contributed by atoms with Crippen molar-refractivity contribution in [2.75, 3.05) is 39.5 Å². The van der Waals surface area contributed by atoms with E-state index in [1.54, 1.807) is 0 Å². The van der Waals surface area contributed by atoms with Gasteiger partial charge in [0.15, 0.2) is 0 Å². The molecule has 0 fully saturated rings. The Morgan fingerprint density at radius 1 is 0.485 bits per heavy atom. The predicted molar refractivity (Wildman–Crippen MR) is 273 cm³/mol. The van der Waals surface area contributed by atoms with Crippen LogP contribution in [0.25, 0.3) is 0 Å². The number of halogens is 2. The lowest BCUT2D eigenvalue weighted by molar-refractivity contribution is 0.220. The van der Waals surface area contributed by atoms with Crippen molar-refractivity contribution in [3.05, 3.63) is 199 Å². The van der Waals surface area contributed by atoms with Crippen molar-refractivity contribution in [2.24, 2.45) is 0 Å². The van der Waals surface area contributed by atoms with Crippen LogP contribution in [0.1, 0.15) is 93.2 Å². The number of benzene rings is 6. The lowest BCUT2D eigenvalue weighted by Gasteiger charge is -2.19. The number of nitrogens with one attached hydrogen (secondary N) is 2. The molecule has 0 aromatic heterocycles. The third-order valence-corrected chi connectivity index (χ3v) is 13.4. The van der Waals surface area contributed by atoms with E-state index < -0.39 is 8.25 Å². The molecule has 6 aromatic rings. The second-order valence-corrected chi connectivity index (χ2v) is 19.1. The van der Waals surface area contributed by atoms with Gasteiger partial charge in [-0.05, 0) is 195 Å². The highest BCUT2D eigenvalue weighted by Crippen LogP contribution is 2.30. The number of hydrogen-bond acceptors (Lipinski definition) is 7. The summed E-state index contributed by atoms with van der Waals surface area (Å²) in [6, 6.07) is 46.3. The topological polar surface area (TPSA) is 78.1 Å². The van der Waals surface area contributed by atoms with Crippen LogP contribution >= 0.6 is 31.5 Å². The van der Waals surface area contributed by atoms with Gasteiger partial charge in [0.2, 0.25) is 0 Å². The van der Waals surface area contributed by atoms with Crippen molar-refractivity contribution in [1.82, 2.24) is 10.6 Å². The van der Waals surface area contributed by atoms with Crippen molar-refractivity contribution in [3.8, 4) is 11.5 Å². The highest BCUT2D eigenvalue weighted by Gasteiger charge is 2.19. The Balaban J connectivity index is 0.785. The molecule has 0 radical (unpaired) electrons. The smallest absolute Gasteiger partial charge is 0.494 e. The van der Waals surface area contributed by atoms with E-state index in [9.17, 15) is 4.57 Å². The minimum Gasteiger partial charge on any atom is -0.494 e. The van der Waals surface area contributed by atoms with Crippen molar-refractivity contribution >= 4 is 31.5 Å². The van der Waals surface area contributed by atoms with Gasteiger partial charge in [0, 0.05) is 27.7 Å².